The lowest BCUT2D eigenvalue weighted by molar-refractivity contribution is -0.0824. The molecular weight excluding hydrogens is 294 g/mol. The van der Waals surface area contributed by atoms with E-state index in [1.807, 2.05) is 29.0 Å². The average molecular weight is 307 g/mol. The predicted molar refractivity (Wildman–Crippen MR) is 79.6 cm³/mol. The predicted octanol–water partition coefficient (Wildman–Crippen LogP) is 2.21. The van der Waals surface area contributed by atoms with Crippen molar-refractivity contribution in [1.82, 2.24) is 14.3 Å². The zero-order valence-corrected chi connectivity index (χ0v) is 12.5. The fourth-order valence-electron chi connectivity index (χ4n) is 2.54. The van der Waals surface area contributed by atoms with Crippen molar-refractivity contribution < 1.29 is 9.90 Å². The van der Waals surface area contributed by atoms with Gasteiger partial charge in [0.2, 0.25) is 0 Å². The smallest absolute Gasteiger partial charge is 0.264 e. The molecule has 0 unspecified atom stereocenters. The molecule has 1 aliphatic heterocycles. The lowest BCUT2D eigenvalue weighted by Crippen LogP contribution is -2.63. The second kappa shape index (κ2) is 4.03. The highest BCUT2D eigenvalue weighted by Crippen LogP contribution is 2.31. The van der Waals surface area contributed by atoms with Gasteiger partial charge < -0.3 is 10.0 Å². The van der Waals surface area contributed by atoms with Crippen molar-refractivity contribution in [3.8, 4) is 0 Å². The first-order chi connectivity index (χ1) is 9.59. The molecule has 1 amide bonds. The average Bonchev–Trinajstić information content (AvgIpc) is 3.04. The topological polar surface area (TPSA) is 57.8 Å². The molecule has 0 bridgehead atoms. The first-order valence-corrected chi connectivity index (χ1v) is 8.16. The van der Waals surface area contributed by atoms with Crippen LogP contribution < -0.4 is 0 Å². The first-order valence-electron chi connectivity index (χ1n) is 6.46. The molecule has 0 atom stereocenters. The molecule has 1 fully saturated rings. The summed E-state index contributed by atoms with van der Waals surface area (Å²) in [4.78, 5) is 21.1. The summed E-state index contributed by atoms with van der Waals surface area (Å²) in [6.45, 7) is 2.80. The van der Waals surface area contributed by atoms with Crippen molar-refractivity contribution in [1.29, 1.82) is 0 Å². The van der Waals surface area contributed by atoms with Gasteiger partial charge in [0, 0.05) is 11.6 Å². The van der Waals surface area contributed by atoms with Gasteiger partial charge in [-0.2, -0.15) is 0 Å². The van der Waals surface area contributed by atoms with E-state index < -0.39 is 5.60 Å². The van der Waals surface area contributed by atoms with Crippen molar-refractivity contribution in [3.63, 3.8) is 0 Å². The number of imidazole rings is 1. The normalized spacial score (nSPS) is 17.8. The van der Waals surface area contributed by atoms with Crippen LogP contribution in [0.5, 0.6) is 0 Å². The molecule has 1 N–H and O–H groups in total. The van der Waals surface area contributed by atoms with E-state index in [1.54, 1.807) is 16.2 Å². The first kappa shape index (κ1) is 12.3. The van der Waals surface area contributed by atoms with E-state index >= 15 is 0 Å². The quantitative estimate of drug-likeness (QED) is 0.789. The molecule has 104 valence electrons. The van der Waals surface area contributed by atoms with Gasteiger partial charge in [-0.15, -0.1) is 22.7 Å². The lowest BCUT2D eigenvalue weighted by atomic mass is 9.91. The van der Waals surface area contributed by atoms with Crippen LogP contribution in [-0.4, -0.2) is 44.0 Å². The maximum Gasteiger partial charge on any atom is 0.264 e. The second-order valence-corrected chi connectivity index (χ2v) is 7.11. The number of carbonyl (C=O) groups is 1. The van der Waals surface area contributed by atoms with Crippen LogP contribution in [0, 0.1) is 0 Å². The van der Waals surface area contributed by atoms with Crippen molar-refractivity contribution in [2.24, 2.45) is 0 Å². The number of β-amino-alcohol motifs (C(OH)–C–C–N with tert-alkyl or cyclic N) is 1. The summed E-state index contributed by atoms with van der Waals surface area (Å²) in [5.41, 5.74) is 0.302. The Morgan fingerprint density at radius 3 is 3.10 bits per heavy atom. The summed E-state index contributed by atoms with van der Waals surface area (Å²) in [5, 5.41) is 12.0. The lowest BCUT2D eigenvalue weighted by Gasteiger charge is -2.45. The van der Waals surface area contributed by atoms with Crippen LogP contribution in [0.1, 0.15) is 23.0 Å². The van der Waals surface area contributed by atoms with Crippen LogP contribution in [-0.2, 0) is 0 Å². The minimum Gasteiger partial charge on any atom is -0.386 e. The number of hydrogen-bond donors (Lipinski definition) is 1. The number of aliphatic hydroxyl groups is 1. The van der Waals surface area contributed by atoms with Crippen molar-refractivity contribution in [2.45, 2.75) is 18.9 Å². The number of hydrogen-bond acceptors (Lipinski definition) is 5. The highest BCUT2D eigenvalue weighted by molar-refractivity contribution is 7.21. The number of amides is 1. The zero-order valence-electron chi connectivity index (χ0n) is 10.9. The van der Waals surface area contributed by atoms with E-state index in [-0.39, 0.29) is 5.91 Å². The molecule has 20 heavy (non-hydrogen) atoms. The molecule has 5 nitrogen and oxygen atoms in total. The van der Waals surface area contributed by atoms with Crippen LogP contribution in [0.25, 0.3) is 15.3 Å². The molecule has 0 saturated carbocycles. The molecule has 3 aromatic heterocycles. The Morgan fingerprint density at radius 1 is 1.55 bits per heavy atom. The summed E-state index contributed by atoms with van der Waals surface area (Å²) in [5.74, 6) is -0.00453. The van der Waals surface area contributed by atoms with Gasteiger partial charge in [0.1, 0.15) is 4.83 Å². The Bertz CT molecular complexity index is 810. The molecule has 1 saturated heterocycles. The van der Waals surface area contributed by atoms with E-state index in [9.17, 15) is 9.90 Å². The minimum absolute atomic E-state index is 0.00453. The molecule has 3 aromatic rings. The summed E-state index contributed by atoms with van der Waals surface area (Å²) in [7, 11) is 0. The van der Waals surface area contributed by atoms with E-state index in [2.05, 4.69) is 4.98 Å². The third kappa shape index (κ3) is 1.63. The van der Waals surface area contributed by atoms with E-state index in [4.69, 9.17) is 0 Å². The molecule has 4 rings (SSSR count). The van der Waals surface area contributed by atoms with Crippen LogP contribution in [0.15, 0.2) is 17.6 Å². The van der Waals surface area contributed by atoms with E-state index in [0.717, 1.165) is 15.3 Å². The summed E-state index contributed by atoms with van der Waals surface area (Å²) < 4.78 is 2.01. The van der Waals surface area contributed by atoms with E-state index in [0.29, 0.717) is 24.4 Å². The summed E-state index contributed by atoms with van der Waals surface area (Å²) >= 11 is 3.01. The third-order valence-corrected chi connectivity index (χ3v) is 5.63. The number of likely N-dealkylation sites (tertiary alicyclic amines) is 1. The minimum atomic E-state index is -0.685. The number of thiophene rings is 1. The second-order valence-electron chi connectivity index (χ2n) is 5.21. The SMILES string of the molecule is CCC1(O)CN(C(=O)c2cc3c(nc4sccn43)s2)C1. The molecule has 0 aromatic carbocycles. The Kier molecular flexibility index (Phi) is 2.48. The summed E-state index contributed by atoms with van der Waals surface area (Å²) in [6, 6.07) is 1.90. The Morgan fingerprint density at radius 2 is 2.35 bits per heavy atom. The molecule has 1 aliphatic rings. The van der Waals surface area contributed by atoms with Crippen LogP contribution >= 0.6 is 22.7 Å². The standard InChI is InChI=1S/C13H13N3O2S2/c1-2-13(18)6-15(7-13)11(17)9-5-8-10(20-9)14-12-16(8)3-4-19-12/h3-5,18H,2,6-7H2,1H3. The van der Waals surface area contributed by atoms with Gasteiger partial charge in [0.15, 0.2) is 4.96 Å². The Balaban J connectivity index is 1.65. The number of nitrogens with zero attached hydrogens (tertiary/aromatic N) is 3. The maximum atomic E-state index is 12.4. The van der Waals surface area contributed by atoms with Gasteiger partial charge in [0.05, 0.1) is 29.1 Å². The largest absolute Gasteiger partial charge is 0.386 e. The highest BCUT2D eigenvalue weighted by Gasteiger charge is 2.42. The number of carbonyl (C=O) groups excluding carboxylic acids is 1. The molecule has 4 heterocycles. The Hall–Kier alpha value is -1.44. The van der Waals surface area contributed by atoms with Gasteiger partial charge >= 0.3 is 0 Å². The van der Waals surface area contributed by atoms with Crippen molar-refractivity contribution >= 4 is 43.9 Å². The summed E-state index contributed by atoms with van der Waals surface area (Å²) in [6.07, 6.45) is 2.65. The highest BCUT2D eigenvalue weighted by atomic mass is 32.1. The maximum absolute atomic E-state index is 12.4. The van der Waals surface area contributed by atoms with Gasteiger partial charge in [-0.3, -0.25) is 9.20 Å². The van der Waals surface area contributed by atoms with Crippen LogP contribution in [0.4, 0.5) is 0 Å². The molecule has 7 heteroatoms. The number of thiazole rings is 1. The van der Waals surface area contributed by atoms with E-state index in [1.165, 1.54) is 11.3 Å². The number of fused-ring (bicyclic) bond motifs is 3. The van der Waals surface area contributed by atoms with Gasteiger partial charge in [-0.05, 0) is 12.5 Å². The number of rotatable bonds is 2. The van der Waals surface area contributed by atoms with Crippen LogP contribution in [0.3, 0.4) is 0 Å². The fraction of sp³-hybridized carbons (Fsp3) is 0.385. The Labute approximate surface area is 123 Å². The van der Waals surface area contributed by atoms with Gasteiger partial charge in [0.25, 0.3) is 5.91 Å². The van der Waals surface area contributed by atoms with Crippen molar-refractivity contribution in [2.75, 3.05) is 13.1 Å². The molecular formula is C13H13N3O2S2. The van der Waals surface area contributed by atoms with Crippen LogP contribution in [0.2, 0.25) is 0 Å². The van der Waals surface area contributed by atoms with Crippen molar-refractivity contribution in [3.05, 3.63) is 22.5 Å². The fourth-order valence-corrected chi connectivity index (χ4v) is 4.31. The monoisotopic (exact) mass is 307 g/mol. The van der Waals surface area contributed by atoms with Gasteiger partial charge in [-0.1, -0.05) is 6.92 Å². The number of aromatic nitrogens is 2. The van der Waals surface area contributed by atoms with Gasteiger partial charge in [-0.25, -0.2) is 4.98 Å². The molecule has 0 spiro atoms. The molecule has 0 radical (unpaired) electrons. The zero-order chi connectivity index (χ0) is 13.9. The third-order valence-electron chi connectivity index (χ3n) is 3.87. The molecule has 0 aliphatic carbocycles.